The Kier molecular flexibility index (Phi) is 5.92. The van der Waals surface area contributed by atoms with Crippen LogP contribution in [0.5, 0.6) is 0 Å². The molecule has 0 aliphatic heterocycles. The van der Waals surface area contributed by atoms with Crippen molar-refractivity contribution in [1.29, 1.82) is 0 Å². The Hall–Kier alpha value is -0.610. The lowest BCUT2D eigenvalue weighted by molar-refractivity contribution is 0.617. The van der Waals surface area contributed by atoms with Gasteiger partial charge in [-0.2, -0.15) is 0 Å². The summed E-state index contributed by atoms with van der Waals surface area (Å²) in [7, 11) is 0. The van der Waals surface area contributed by atoms with E-state index >= 15 is 0 Å². The van der Waals surface area contributed by atoms with Crippen molar-refractivity contribution >= 4 is 16.5 Å². The highest BCUT2D eigenvalue weighted by Crippen LogP contribution is 2.26. The van der Waals surface area contributed by atoms with Gasteiger partial charge in [-0.15, -0.1) is 11.3 Å². The number of rotatable bonds is 7. The largest absolute Gasteiger partial charge is 0.348 e. The molecule has 3 nitrogen and oxygen atoms in total. The van der Waals surface area contributed by atoms with Crippen molar-refractivity contribution in [2.75, 3.05) is 24.5 Å². The molecule has 0 aliphatic rings. The molecule has 0 unspecified atom stereocenters. The van der Waals surface area contributed by atoms with Crippen molar-refractivity contribution in [3.63, 3.8) is 0 Å². The number of aromatic nitrogens is 1. The fourth-order valence-corrected chi connectivity index (χ4v) is 2.84. The molecule has 1 aromatic heterocycles. The molecule has 0 saturated carbocycles. The molecule has 1 aromatic rings. The van der Waals surface area contributed by atoms with E-state index in [1.54, 1.807) is 0 Å². The third kappa shape index (κ3) is 4.28. The normalized spacial score (nSPS) is 11.2. The van der Waals surface area contributed by atoms with Crippen LogP contribution in [0.25, 0.3) is 0 Å². The summed E-state index contributed by atoms with van der Waals surface area (Å²) in [6, 6.07) is 0. The van der Waals surface area contributed by atoms with Crippen LogP contribution >= 0.6 is 11.3 Å². The van der Waals surface area contributed by atoms with Crippen LogP contribution in [0.3, 0.4) is 0 Å². The van der Waals surface area contributed by atoms with Gasteiger partial charge in [-0.3, -0.25) is 0 Å². The van der Waals surface area contributed by atoms with Crippen LogP contribution in [0.1, 0.15) is 38.3 Å². The summed E-state index contributed by atoms with van der Waals surface area (Å²) in [5.74, 6) is 0.677. The van der Waals surface area contributed by atoms with Crippen LogP contribution in [-0.2, 0) is 6.54 Å². The molecule has 1 heterocycles. The Morgan fingerprint density at radius 2 is 2.06 bits per heavy atom. The minimum Gasteiger partial charge on any atom is -0.348 e. The fraction of sp³-hybridized carbons (Fsp3) is 0.769. The molecule has 17 heavy (non-hydrogen) atoms. The van der Waals surface area contributed by atoms with Crippen molar-refractivity contribution in [2.45, 2.75) is 41.2 Å². The van der Waals surface area contributed by atoms with Crippen LogP contribution in [-0.4, -0.2) is 24.6 Å². The summed E-state index contributed by atoms with van der Waals surface area (Å²) in [5, 5.41) is 4.54. The van der Waals surface area contributed by atoms with Gasteiger partial charge in [0.2, 0.25) is 0 Å². The lowest BCUT2D eigenvalue weighted by Crippen LogP contribution is -2.26. The molecule has 1 N–H and O–H groups in total. The molecule has 1 rings (SSSR count). The van der Waals surface area contributed by atoms with E-state index in [-0.39, 0.29) is 0 Å². The summed E-state index contributed by atoms with van der Waals surface area (Å²) in [6.45, 7) is 15.0. The molecule has 0 fully saturated rings. The van der Waals surface area contributed by atoms with Gasteiger partial charge in [-0.05, 0) is 26.3 Å². The predicted octanol–water partition coefficient (Wildman–Crippen LogP) is 3.04. The summed E-state index contributed by atoms with van der Waals surface area (Å²) >= 11 is 1.83. The van der Waals surface area contributed by atoms with Crippen molar-refractivity contribution in [3.8, 4) is 0 Å². The molecular formula is C13H25N3S. The highest BCUT2D eigenvalue weighted by Gasteiger charge is 2.13. The van der Waals surface area contributed by atoms with E-state index in [1.807, 2.05) is 11.3 Å². The predicted molar refractivity (Wildman–Crippen MR) is 77.0 cm³/mol. The van der Waals surface area contributed by atoms with Crippen molar-refractivity contribution in [3.05, 3.63) is 10.6 Å². The summed E-state index contributed by atoms with van der Waals surface area (Å²) in [5.41, 5.74) is 1.17. The first-order chi connectivity index (χ1) is 8.08. The van der Waals surface area contributed by atoms with Gasteiger partial charge < -0.3 is 10.2 Å². The van der Waals surface area contributed by atoms with Crippen LogP contribution in [0.4, 0.5) is 5.13 Å². The van der Waals surface area contributed by atoms with Gasteiger partial charge >= 0.3 is 0 Å². The second kappa shape index (κ2) is 6.97. The quantitative estimate of drug-likeness (QED) is 0.811. The van der Waals surface area contributed by atoms with Gasteiger partial charge in [0.15, 0.2) is 5.13 Å². The molecular weight excluding hydrogens is 230 g/mol. The van der Waals surface area contributed by atoms with E-state index in [9.17, 15) is 0 Å². The van der Waals surface area contributed by atoms with E-state index in [4.69, 9.17) is 4.98 Å². The van der Waals surface area contributed by atoms with E-state index in [0.717, 1.165) is 26.2 Å². The number of hydrogen-bond donors (Lipinski definition) is 1. The molecule has 0 aliphatic carbocycles. The molecule has 4 heteroatoms. The molecule has 0 bridgehead atoms. The topological polar surface area (TPSA) is 28.2 Å². The summed E-state index contributed by atoms with van der Waals surface area (Å²) < 4.78 is 0. The number of thiazole rings is 1. The number of nitrogens with one attached hydrogen (secondary N) is 1. The fourth-order valence-electron chi connectivity index (χ4n) is 1.73. The van der Waals surface area contributed by atoms with Gasteiger partial charge in [0.05, 0.1) is 5.69 Å². The van der Waals surface area contributed by atoms with Gasteiger partial charge in [0.25, 0.3) is 0 Å². The third-order valence-corrected chi connectivity index (χ3v) is 3.87. The number of anilines is 1. The SMILES string of the molecule is CCNCc1sc(N(CC)CC(C)C)nc1C. The number of hydrogen-bond acceptors (Lipinski definition) is 4. The van der Waals surface area contributed by atoms with Gasteiger partial charge in [-0.1, -0.05) is 20.8 Å². The first-order valence-electron chi connectivity index (χ1n) is 6.50. The lowest BCUT2D eigenvalue weighted by atomic mass is 10.2. The van der Waals surface area contributed by atoms with E-state index in [2.05, 4.69) is 44.8 Å². The summed E-state index contributed by atoms with van der Waals surface area (Å²) in [6.07, 6.45) is 0. The zero-order chi connectivity index (χ0) is 12.8. The van der Waals surface area contributed by atoms with Gasteiger partial charge in [0.1, 0.15) is 0 Å². The van der Waals surface area contributed by atoms with Crippen molar-refractivity contribution in [2.24, 2.45) is 5.92 Å². The average Bonchev–Trinajstić information content (AvgIpc) is 2.64. The highest BCUT2D eigenvalue weighted by atomic mass is 32.1. The van der Waals surface area contributed by atoms with E-state index in [1.165, 1.54) is 15.7 Å². The third-order valence-electron chi connectivity index (χ3n) is 2.65. The van der Waals surface area contributed by atoms with Crippen molar-refractivity contribution in [1.82, 2.24) is 10.3 Å². The maximum absolute atomic E-state index is 4.69. The average molecular weight is 255 g/mol. The molecule has 0 saturated heterocycles. The summed E-state index contributed by atoms with van der Waals surface area (Å²) in [4.78, 5) is 8.43. The Morgan fingerprint density at radius 1 is 1.35 bits per heavy atom. The smallest absolute Gasteiger partial charge is 0.185 e. The Labute approximate surface area is 109 Å². The minimum absolute atomic E-state index is 0.677. The Bertz CT molecular complexity index is 333. The maximum atomic E-state index is 4.69. The van der Waals surface area contributed by atoms with Crippen LogP contribution in [0.2, 0.25) is 0 Å². The first kappa shape index (κ1) is 14.5. The van der Waals surface area contributed by atoms with Crippen molar-refractivity contribution < 1.29 is 0 Å². The molecule has 0 aromatic carbocycles. The van der Waals surface area contributed by atoms with E-state index in [0.29, 0.717) is 5.92 Å². The molecule has 0 spiro atoms. The van der Waals surface area contributed by atoms with Crippen LogP contribution in [0, 0.1) is 12.8 Å². The monoisotopic (exact) mass is 255 g/mol. The second-order valence-corrected chi connectivity index (χ2v) is 5.78. The number of nitrogens with zero attached hydrogens (tertiary/aromatic N) is 2. The maximum Gasteiger partial charge on any atom is 0.185 e. The molecule has 0 atom stereocenters. The lowest BCUT2D eigenvalue weighted by Gasteiger charge is -2.21. The van der Waals surface area contributed by atoms with Crippen LogP contribution in [0.15, 0.2) is 0 Å². The first-order valence-corrected chi connectivity index (χ1v) is 7.32. The van der Waals surface area contributed by atoms with Crippen LogP contribution < -0.4 is 10.2 Å². The van der Waals surface area contributed by atoms with Gasteiger partial charge in [-0.25, -0.2) is 4.98 Å². The second-order valence-electron chi connectivity index (χ2n) is 4.72. The standard InChI is InChI=1S/C13H25N3S/c1-6-14-8-12-11(5)15-13(17-12)16(7-2)9-10(3)4/h10,14H,6-9H2,1-5H3. The van der Waals surface area contributed by atoms with E-state index < -0.39 is 0 Å². The Balaban J connectivity index is 2.75. The zero-order valence-corrected chi connectivity index (χ0v) is 12.5. The molecule has 98 valence electrons. The molecule has 0 radical (unpaired) electrons. The minimum atomic E-state index is 0.677. The zero-order valence-electron chi connectivity index (χ0n) is 11.7. The Morgan fingerprint density at radius 3 is 2.59 bits per heavy atom. The number of aryl methyl sites for hydroxylation is 1. The highest BCUT2D eigenvalue weighted by molar-refractivity contribution is 7.15. The van der Waals surface area contributed by atoms with Gasteiger partial charge in [0, 0.05) is 24.5 Å². The molecule has 0 amide bonds.